The van der Waals surface area contributed by atoms with Crippen LogP contribution < -0.4 is 15.1 Å². The van der Waals surface area contributed by atoms with Gasteiger partial charge in [0, 0.05) is 16.5 Å². The lowest BCUT2D eigenvalue weighted by atomic mass is 9.83. The Morgan fingerprint density at radius 3 is 2.11 bits per heavy atom. The standard InChI is InChI=1S/C30H19F6N3O4S2/c31-29(32,33)16-8-4-10-18(12-16)37-20(40)14-38-27-24(45-28(38)43)21(15-6-2-1-3-7-15)22-23(44-27)26(42)39(25(22)41)19-11-5-9-17(13-19)30(34,35)36/h1-13,21-23H,14H2,(H,37,40)/t21-,22?,23?/m1/s1. The molecule has 15 heteroatoms. The zero-order valence-corrected chi connectivity index (χ0v) is 24.2. The highest BCUT2D eigenvalue weighted by Gasteiger charge is 2.57. The fourth-order valence-corrected chi connectivity index (χ4v) is 8.24. The van der Waals surface area contributed by atoms with Crippen LogP contribution in [0.15, 0.2) is 88.7 Å². The molecule has 0 spiro atoms. The van der Waals surface area contributed by atoms with Gasteiger partial charge in [0.2, 0.25) is 17.7 Å². The predicted octanol–water partition coefficient (Wildman–Crippen LogP) is 6.38. The van der Waals surface area contributed by atoms with Crippen LogP contribution in [-0.2, 0) is 33.3 Å². The average molecular weight is 664 g/mol. The van der Waals surface area contributed by atoms with Crippen LogP contribution in [0.3, 0.4) is 0 Å². The highest BCUT2D eigenvalue weighted by molar-refractivity contribution is 8.00. The van der Waals surface area contributed by atoms with Crippen molar-refractivity contribution in [3.63, 3.8) is 0 Å². The van der Waals surface area contributed by atoms with Gasteiger partial charge < -0.3 is 5.32 Å². The molecule has 7 nitrogen and oxygen atoms in total. The van der Waals surface area contributed by atoms with Gasteiger partial charge >= 0.3 is 17.2 Å². The molecule has 0 saturated carbocycles. The van der Waals surface area contributed by atoms with Gasteiger partial charge in [0.15, 0.2) is 0 Å². The molecule has 3 atom stereocenters. The van der Waals surface area contributed by atoms with E-state index in [1.807, 2.05) is 0 Å². The Labute approximate surface area is 258 Å². The van der Waals surface area contributed by atoms with Gasteiger partial charge in [-0.15, -0.1) is 0 Å². The number of imide groups is 1. The van der Waals surface area contributed by atoms with Gasteiger partial charge in [-0.3, -0.25) is 23.7 Å². The molecule has 0 aliphatic carbocycles. The van der Waals surface area contributed by atoms with Gasteiger partial charge in [-0.25, -0.2) is 4.90 Å². The zero-order chi connectivity index (χ0) is 32.3. The van der Waals surface area contributed by atoms with Crippen molar-refractivity contribution in [2.24, 2.45) is 5.92 Å². The maximum atomic E-state index is 13.9. The van der Waals surface area contributed by atoms with Crippen molar-refractivity contribution >= 4 is 52.2 Å². The van der Waals surface area contributed by atoms with E-state index in [0.29, 0.717) is 10.4 Å². The number of hydrogen-bond donors (Lipinski definition) is 1. The van der Waals surface area contributed by atoms with Gasteiger partial charge in [0.25, 0.3) is 0 Å². The summed E-state index contributed by atoms with van der Waals surface area (Å²) >= 11 is 1.61. The van der Waals surface area contributed by atoms with Crippen LogP contribution in [0.2, 0.25) is 0 Å². The Morgan fingerprint density at radius 1 is 0.800 bits per heavy atom. The van der Waals surface area contributed by atoms with Gasteiger partial charge in [0.05, 0.1) is 27.8 Å². The lowest BCUT2D eigenvalue weighted by molar-refractivity contribution is -0.138. The maximum Gasteiger partial charge on any atom is 0.416 e. The third-order valence-corrected chi connectivity index (χ3v) is 10.0. The monoisotopic (exact) mass is 663 g/mol. The molecule has 3 heterocycles. The number of nitrogens with one attached hydrogen (secondary N) is 1. The molecule has 2 aliphatic heterocycles. The second kappa shape index (κ2) is 11.2. The first-order chi connectivity index (χ1) is 21.2. The van der Waals surface area contributed by atoms with Crippen molar-refractivity contribution in [3.8, 4) is 0 Å². The summed E-state index contributed by atoms with van der Waals surface area (Å²) in [7, 11) is 0. The number of rotatable bonds is 5. The van der Waals surface area contributed by atoms with Crippen LogP contribution in [0.25, 0.3) is 0 Å². The van der Waals surface area contributed by atoms with E-state index in [-0.39, 0.29) is 16.4 Å². The number of halogens is 6. The summed E-state index contributed by atoms with van der Waals surface area (Å²) in [6.07, 6.45) is -9.36. The number of nitrogens with zero attached hydrogens (tertiary/aromatic N) is 2. The summed E-state index contributed by atoms with van der Waals surface area (Å²) in [6.45, 7) is -0.605. The first-order valence-corrected chi connectivity index (χ1v) is 14.9. The third kappa shape index (κ3) is 5.65. The molecule has 1 saturated heterocycles. The number of thioether (sulfide) groups is 1. The van der Waals surface area contributed by atoms with E-state index in [0.717, 1.165) is 69.0 Å². The number of carbonyl (C=O) groups excluding carboxylic acids is 3. The number of carbonyl (C=O) groups is 3. The molecule has 0 radical (unpaired) electrons. The van der Waals surface area contributed by atoms with Crippen LogP contribution in [0.4, 0.5) is 37.7 Å². The van der Waals surface area contributed by atoms with Crippen molar-refractivity contribution in [1.29, 1.82) is 0 Å². The van der Waals surface area contributed by atoms with Crippen molar-refractivity contribution < 1.29 is 40.7 Å². The van der Waals surface area contributed by atoms with Crippen molar-refractivity contribution in [3.05, 3.63) is 110 Å². The quantitative estimate of drug-likeness (QED) is 0.198. The largest absolute Gasteiger partial charge is 0.416 e. The number of benzene rings is 3. The summed E-state index contributed by atoms with van der Waals surface area (Å²) in [5.74, 6) is -4.23. The van der Waals surface area contributed by atoms with Gasteiger partial charge in [0.1, 0.15) is 11.8 Å². The van der Waals surface area contributed by atoms with E-state index in [4.69, 9.17) is 0 Å². The lowest BCUT2D eigenvalue weighted by Gasteiger charge is -2.30. The Morgan fingerprint density at radius 2 is 1.44 bits per heavy atom. The Bertz CT molecular complexity index is 1890. The number of hydrogen-bond acceptors (Lipinski definition) is 6. The van der Waals surface area contributed by atoms with E-state index >= 15 is 0 Å². The molecule has 4 aromatic rings. The van der Waals surface area contributed by atoms with Gasteiger partial charge in [-0.1, -0.05) is 65.6 Å². The van der Waals surface area contributed by atoms with Gasteiger partial charge in [-0.05, 0) is 42.0 Å². The summed E-state index contributed by atoms with van der Waals surface area (Å²) in [5.41, 5.74) is -1.84. The first kappa shape index (κ1) is 30.6. The maximum absolute atomic E-state index is 13.9. The highest BCUT2D eigenvalue weighted by atomic mass is 32.2. The van der Waals surface area contributed by atoms with E-state index < -0.39 is 69.7 Å². The molecule has 3 aromatic carbocycles. The molecule has 2 unspecified atom stereocenters. The van der Waals surface area contributed by atoms with E-state index in [9.17, 15) is 45.5 Å². The van der Waals surface area contributed by atoms with Gasteiger partial charge in [-0.2, -0.15) is 26.3 Å². The van der Waals surface area contributed by atoms with Crippen LogP contribution >= 0.6 is 23.1 Å². The Kier molecular flexibility index (Phi) is 7.64. The molecule has 232 valence electrons. The second-order valence-corrected chi connectivity index (χ2v) is 12.4. The summed E-state index contributed by atoms with van der Waals surface area (Å²) in [5, 5.41) is 1.43. The number of aromatic nitrogens is 1. The van der Waals surface area contributed by atoms with Crippen molar-refractivity contribution in [2.75, 3.05) is 10.2 Å². The molecule has 0 bridgehead atoms. The summed E-state index contributed by atoms with van der Waals surface area (Å²) < 4.78 is 80.9. The smallest absolute Gasteiger partial charge is 0.325 e. The average Bonchev–Trinajstić information content (AvgIpc) is 3.43. The van der Waals surface area contributed by atoms with Crippen molar-refractivity contribution in [1.82, 2.24) is 4.57 Å². The summed E-state index contributed by atoms with van der Waals surface area (Å²) in [4.78, 5) is 54.3. The van der Waals surface area contributed by atoms with E-state index in [1.54, 1.807) is 30.3 Å². The topological polar surface area (TPSA) is 88.5 Å². The second-order valence-electron chi connectivity index (χ2n) is 10.3. The summed E-state index contributed by atoms with van der Waals surface area (Å²) in [6, 6.07) is 16.3. The van der Waals surface area contributed by atoms with Crippen LogP contribution in [0.1, 0.15) is 27.5 Å². The normalized spacial score (nSPS) is 19.8. The SMILES string of the molecule is O=C(Cn1c2c(sc1=O)[C@H](c1ccccc1)C1C(=O)N(c3cccc(C(F)(F)F)c3)C(=O)C1S2)Nc1cccc(C(F)(F)F)c1. The first-order valence-electron chi connectivity index (χ1n) is 13.2. The molecule has 1 N–H and O–H groups in total. The molecule has 2 aliphatic rings. The fourth-order valence-electron chi connectivity index (χ4n) is 5.47. The molecule has 3 amide bonds. The number of anilines is 2. The molecule has 6 rings (SSSR count). The minimum Gasteiger partial charge on any atom is -0.325 e. The Hall–Kier alpha value is -4.37. The molecule has 1 aromatic heterocycles. The van der Waals surface area contributed by atoms with Crippen LogP contribution in [0.5, 0.6) is 0 Å². The zero-order valence-electron chi connectivity index (χ0n) is 22.6. The molecular formula is C30H19F6N3O4S2. The molecule has 1 fully saturated rings. The van der Waals surface area contributed by atoms with Crippen molar-refractivity contribution in [2.45, 2.75) is 35.1 Å². The van der Waals surface area contributed by atoms with Crippen LogP contribution in [0, 0.1) is 5.92 Å². The van der Waals surface area contributed by atoms with E-state index in [2.05, 4.69) is 5.32 Å². The number of alkyl halides is 6. The molecule has 45 heavy (non-hydrogen) atoms. The lowest BCUT2D eigenvalue weighted by Crippen LogP contribution is -2.33. The third-order valence-electron chi connectivity index (χ3n) is 7.42. The number of amides is 3. The highest BCUT2D eigenvalue weighted by Crippen LogP contribution is 2.54. The van der Waals surface area contributed by atoms with Crippen LogP contribution in [-0.4, -0.2) is 27.5 Å². The molecular weight excluding hydrogens is 644 g/mol. The number of fused-ring (bicyclic) bond motifs is 2. The predicted molar refractivity (Wildman–Crippen MR) is 154 cm³/mol. The van der Waals surface area contributed by atoms with E-state index in [1.165, 1.54) is 12.1 Å². The minimum atomic E-state index is -4.72. The fraction of sp³-hybridized carbons (Fsp3) is 0.200. The minimum absolute atomic E-state index is 0.143. The number of thiazole rings is 1. The Balaban J connectivity index is 1.37.